The van der Waals surface area contributed by atoms with Gasteiger partial charge in [-0.05, 0) is 47.7 Å². The van der Waals surface area contributed by atoms with Crippen molar-refractivity contribution >= 4 is 10.0 Å². The quantitative estimate of drug-likeness (QED) is 0.812. The van der Waals surface area contributed by atoms with Gasteiger partial charge in [-0.25, -0.2) is 13.1 Å². The molecular weight excluding hydrogens is 322 g/mol. The number of ether oxygens (including phenoxy) is 1. The molecule has 4 nitrogen and oxygen atoms in total. The molecule has 1 N–H and O–H groups in total. The Balaban J connectivity index is 1.91. The molecular formula is C19H25NO3S. The number of benzene rings is 2. The zero-order chi connectivity index (χ0) is 17.8. The molecule has 0 saturated heterocycles. The van der Waals surface area contributed by atoms with E-state index in [4.69, 9.17) is 4.74 Å². The third kappa shape index (κ3) is 5.08. The van der Waals surface area contributed by atoms with Crippen molar-refractivity contribution in [1.29, 1.82) is 0 Å². The number of nitrogens with one attached hydrogen (secondary N) is 1. The van der Waals surface area contributed by atoms with E-state index in [2.05, 4.69) is 25.5 Å². The standard InChI is InChI=1S/C19H25NO3S/c1-15-6-5-7-17(14-15)23-13-12-20-24(21,22)18-10-8-16(9-11-18)19(2,3)4/h5-11,14,20H,12-13H2,1-4H3. The molecule has 2 aromatic carbocycles. The third-order valence-corrected chi connectivity index (χ3v) is 5.16. The van der Waals surface area contributed by atoms with E-state index < -0.39 is 10.0 Å². The predicted molar refractivity (Wildman–Crippen MR) is 97.0 cm³/mol. The first-order valence-electron chi connectivity index (χ1n) is 7.98. The van der Waals surface area contributed by atoms with Crippen LogP contribution in [0, 0.1) is 6.92 Å². The van der Waals surface area contributed by atoms with Gasteiger partial charge in [-0.15, -0.1) is 0 Å². The van der Waals surface area contributed by atoms with Crippen LogP contribution in [-0.2, 0) is 15.4 Å². The molecule has 0 unspecified atom stereocenters. The van der Waals surface area contributed by atoms with E-state index in [1.807, 2.05) is 43.3 Å². The average Bonchev–Trinajstić information content (AvgIpc) is 2.51. The molecule has 0 heterocycles. The summed E-state index contributed by atoms with van der Waals surface area (Å²) in [5.41, 5.74) is 2.20. The minimum Gasteiger partial charge on any atom is -0.492 e. The molecule has 2 aromatic rings. The Hall–Kier alpha value is -1.85. The van der Waals surface area contributed by atoms with Crippen LogP contribution in [0.1, 0.15) is 31.9 Å². The topological polar surface area (TPSA) is 55.4 Å². The highest BCUT2D eigenvalue weighted by Gasteiger charge is 2.17. The van der Waals surface area contributed by atoms with Gasteiger partial charge in [0.2, 0.25) is 10.0 Å². The van der Waals surface area contributed by atoms with Gasteiger partial charge < -0.3 is 4.74 Å². The van der Waals surface area contributed by atoms with Crippen LogP contribution in [0.25, 0.3) is 0 Å². The largest absolute Gasteiger partial charge is 0.492 e. The van der Waals surface area contributed by atoms with E-state index in [1.54, 1.807) is 12.1 Å². The van der Waals surface area contributed by atoms with Gasteiger partial charge in [0, 0.05) is 6.54 Å². The van der Waals surface area contributed by atoms with Crippen LogP contribution in [0.4, 0.5) is 0 Å². The summed E-state index contributed by atoms with van der Waals surface area (Å²) >= 11 is 0. The summed E-state index contributed by atoms with van der Waals surface area (Å²) in [5, 5.41) is 0. The molecule has 0 fully saturated rings. The van der Waals surface area contributed by atoms with Crippen LogP contribution in [0.5, 0.6) is 5.75 Å². The highest BCUT2D eigenvalue weighted by molar-refractivity contribution is 7.89. The summed E-state index contributed by atoms with van der Waals surface area (Å²) in [6.45, 7) is 8.77. The first-order valence-corrected chi connectivity index (χ1v) is 9.46. The molecule has 5 heteroatoms. The Kier molecular flexibility index (Phi) is 5.67. The average molecular weight is 347 g/mol. The molecule has 0 saturated carbocycles. The fraction of sp³-hybridized carbons (Fsp3) is 0.368. The van der Waals surface area contributed by atoms with Crippen LogP contribution < -0.4 is 9.46 Å². The maximum Gasteiger partial charge on any atom is 0.240 e. The summed E-state index contributed by atoms with van der Waals surface area (Å²) < 4.78 is 32.7. The van der Waals surface area contributed by atoms with Crippen molar-refractivity contribution in [3.63, 3.8) is 0 Å². The Bertz CT molecular complexity index is 775. The molecule has 0 amide bonds. The molecule has 0 spiro atoms. The first-order chi connectivity index (χ1) is 11.2. The van der Waals surface area contributed by atoms with Gasteiger partial charge in [0.05, 0.1) is 4.90 Å². The summed E-state index contributed by atoms with van der Waals surface area (Å²) in [6, 6.07) is 14.7. The van der Waals surface area contributed by atoms with Crippen molar-refractivity contribution in [2.75, 3.05) is 13.2 Å². The molecule has 0 radical (unpaired) electrons. The van der Waals surface area contributed by atoms with E-state index in [9.17, 15) is 8.42 Å². The van der Waals surface area contributed by atoms with E-state index >= 15 is 0 Å². The minimum atomic E-state index is -3.52. The molecule has 0 aliphatic carbocycles. The van der Waals surface area contributed by atoms with Crippen LogP contribution >= 0.6 is 0 Å². The molecule has 0 aromatic heterocycles. The molecule has 0 bridgehead atoms. The van der Waals surface area contributed by atoms with Gasteiger partial charge in [0.1, 0.15) is 12.4 Å². The van der Waals surface area contributed by atoms with Crippen LogP contribution in [0.2, 0.25) is 0 Å². The number of rotatable bonds is 6. The lowest BCUT2D eigenvalue weighted by Gasteiger charge is -2.19. The lowest BCUT2D eigenvalue weighted by Crippen LogP contribution is -2.28. The van der Waals surface area contributed by atoms with Crippen molar-refractivity contribution in [2.24, 2.45) is 0 Å². The van der Waals surface area contributed by atoms with Crippen molar-refractivity contribution in [3.05, 3.63) is 59.7 Å². The van der Waals surface area contributed by atoms with Gasteiger partial charge >= 0.3 is 0 Å². The zero-order valence-electron chi connectivity index (χ0n) is 14.7. The summed E-state index contributed by atoms with van der Waals surface area (Å²) in [6.07, 6.45) is 0. The minimum absolute atomic E-state index is 0.00260. The van der Waals surface area contributed by atoms with E-state index in [0.29, 0.717) is 0 Å². The molecule has 24 heavy (non-hydrogen) atoms. The van der Waals surface area contributed by atoms with E-state index in [1.165, 1.54) is 0 Å². The van der Waals surface area contributed by atoms with Crippen LogP contribution in [0.15, 0.2) is 53.4 Å². The maximum absolute atomic E-state index is 12.3. The van der Waals surface area contributed by atoms with Gasteiger partial charge in [0.15, 0.2) is 0 Å². The van der Waals surface area contributed by atoms with Crippen molar-refractivity contribution in [3.8, 4) is 5.75 Å². The third-order valence-electron chi connectivity index (χ3n) is 3.68. The van der Waals surface area contributed by atoms with Gasteiger partial charge in [0.25, 0.3) is 0 Å². The fourth-order valence-corrected chi connectivity index (χ4v) is 3.28. The van der Waals surface area contributed by atoms with Gasteiger partial charge in [-0.1, -0.05) is 45.0 Å². The molecule has 0 aliphatic heterocycles. The summed E-state index contributed by atoms with van der Waals surface area (Å²) in [5.74, 6) is 0.740. The Morgan fingerprint density at radius 1 is 1.04 bits per heavy atom. The number of hydrogen-bond acceptors (Lipinski definition) is 3. The Labute approximate surface area is 144 Å². The van der Waals surface area contributed by atoms with Crippen molar-refractivity contribution in [1.82, 2.24) is 4.72 Å². The van der Waals surface area contributed by atoms with Crippen LogP contribution in [0.3, 0.4) is 0 Å². The van der Waals surface area contributed by atoms with Gasteiger partial charge in [-0.3, -0.25) is 0 Å². The van der Waals surface area contributed by atoms with Crippen molar-refractivity contribution in [2.45, 2.75) is 38.0 Å². The first kappa shape index (κ1) is 18.5. The van der Waals surface area contributed by atoms with Crippen LogP contribution in [-0.4, -0.2) is 21.6 Å². The normalized spacial score (nSPS) is 12.2. The highest BCUT2D eigenvalue weighted by Crippen LogP contribution is 2.23. The second-order valence-electron chi connectivity index (χ2n) is 6.84. The molecule has 130 valence electrons. The number of sulfonamides is 1. The van der Waals surface area contributed by atoms with E-state index in [-0.39, 0.29) is 23.5 Å². The smallest absolute Gasteiger partial charge is 0.240 e. The zero-order valence-corrected chi connectivity index (χ0v) is 15.5. The number of aryl methyl sites for hydroxylation is 1. The monoisotopic (exact) mass is 347 g/mol. The molecule has 0 aliphatic rings. The second kappa shape index (κ2) is 7.36. The molecule has 0 atom stereocenters. The second-order valence-corrected chi connectivity index (χ2v) is 8.60. The lowest BCUT2D eigenvalue weighted by atomic mass is 9.87. The fourth-order valence-electron chi connectivity index (χ4n) is 2.27. The number of hydrogen-bond donors (Lipinski definition) is 1. The predicted octanol–water partition coefficient (Wildman–Crippen LogP) is 3.65. The van der Waals surface area contributed by atoms with Gasteiger partial charge in [-0.2, -0.15) is 0 Å². The lowest BCUT2D eigenvalue weighted by molar-refractivity contribution is 0.322. The SMILES string of the molecule is Cc1cccc(OCCNS(=O)(=O)c2ccc(C(C)(C)C)cc2)c1. The molecule has 2 rings (SSSR count). The summed E-state index contributed by atoms with van der Waals surface area (Å²) in [7, 11) is -3.52. The maximum atomic E-state index is 12.3. The van der Waals surface area contributed by atoms with E-state index in [0.717, 1.165) is 16.9 Å². The highest BCUT2D eigenvalue weighted by atomic mass is 32.2. The van der Waals surface area contributed by atoms with Crippen molar-refractivity contribution < 1.29 is 13.2 Å². The Morgan fingerprint density at radius 3 is 2.29 bits per heavy atom. The summed E-state index contributed by atoms with van der Waals surface area (Å²) in [4.78, 5) is 0.269. The Morgan fingerprint density at radius 2 is 1.71 bits per heavy atom.